The third-order valence-corrected chi connectivity index (χ3v) is 6.20. The van der Waals surface area contributed by atoms with E-state index in [4.69, 9.17) is 13.7 Å². The van der Waals surface area contributed by atoms with Gasteiger partial charge in [0.15, 0.2) is 0 Å². The van der Waals surface area contributed by atoms with Crippen LogP contribution >= 0.6 is 0 Å². The number of furan rings is 1. The quantitative estimate of drug-likeness (QED) is 0.412. The molecule has 1 fully saturated rings. The van der Waals surface area contributed by atoms with Crippen molar-refractivity contribution < 1.29 is 18.5 Å². The third kappa shape index (κ3) is 4.23. The van der Waals surface area contributed by atoms with Crippen LogP contribution in [0.25, 0.3) is 22.4 Å². The Kier molecular flexibility index (Phi) is 5.62. The molecule has 0 spiro atoms. The summed E-state index contributed by atoms with van der Waals surface area (Å²) in [4.78, 5) is 20.3. The van der Waals surface area contributed by atoms with E-state index in [0.717, 1.165) is 35.7 Å². The van der Waals surface area contributed by atoms with Crippen molar-refractivity contribution in [3.05, 3.63) is 65.2 Å². The number of aryl methyl sites for hydroxylation is 3. The molecule has 4 aromatic rings. The molecule has 5 rings (SSSR count). The van der Waals surface area contributed by atoms with Gasteiger partial charge in [0.25, 0.3) is 11.6 Å². The Balaban J connectivity index is 1.42. The van der Waals surface area contributed by atoms with Gasteiger partial charge in [0.2, 0.25) is 0 Å². The van der Waals surface area contributed by atoms with Crippen molar-refractivity contribution in [2.45, 2.75) is 33.6 Å². The summed E-state index contributed by atoms with van der Waals surface area (Å²) < 4.78 is 17.1. The molecule has 33 heavy (non-hydrogen) atoms. The zero-order valence-electron chi connectivity index (χ0n) is 19.1. The first-order valence-corrected chi connectivity index (χ1v) is 11.3. The van der Waals surface area contributed by atoms with Crippen LogP contribution in [0.2, 0.25) is 0 Å². The predicted octanol–water partition coefficient (Wildman–Crippen LogP) is 5.34. The Labute approximate surface area is 192 Å². The molecular weight excluding hydrogens is 418 g/mol. The summed E-state index contributed by atoms with van der Waals surface area (Å²) in [5.41, 5.74) is 3.10. The average Bonchev–Trinajstić information content (AvgIpc) is 3.38. The van der Waals surface area contributed by atoms with Crippen molar-refractivity contribution in [2.75, 3.05) is 19.7 Å². The monoisotopic (exact) mass is 445 g/mol. The van der Waals surface area contributed by atoms with Crippen molar-refractivity contribution in [1.82, 2.24) is 15.0 Å². The number of ether oxygens (including phenoxy) is 1. The summed E-state index contributed by atoms with van der Waals surface area (Å²) in [5, 5.41) is 4.74. The molecule has 1 aromatic carbocycles. The highest BCUT2D eigenvalue weighted by molar-refractivity contribution is 6.07. The van der Waals surface area contributed by atoms with Gasteiger partial charge in [0.1, 0.15) is 17.3 Å². The number of para-hydroxylation sites is 1. The zero-order chi connectivity index (χ0) is 22.9. The number of hydrogen-bond acceptors (Lipinski definition) is 6. The van der Waals surface area contributed by atoms with Crippen LogP contribution in [0.5, 0.6) is 5.75 Å². The Morgan fingerprint density at radius 2 is 2.00 bits per heavy atom. The topological polar surface area (TPSA) is 81.6 Å². The fourth-order valence-electron chi connectivity index (χ4n) is 4.57. The smallest absolute Gasteiger partial charge is 0.259 e. The molecule has 3 aromatic heterocycles. The maximum Gasteiger partial charge on any atom is 0.259 e. The number of rotatable bonds is 5. The lowest BCUT2D eigenvalue weighted by Crippen LogP contribution is -2.41. The minimum absolute atomic E-state index is 0.0303. The number of aromatic nitrogens is 2. The fourth-order valence-corrected chi connectivity index (χ4v) is 4.57. The molecule has 1 atom stereocenters. The number of nitrogens with zero attached hydrogens (tertiary/aromatic N) is 3. The molecule has 0 saturated carbocycles. The Morgan fingerprint density at radius 3 is 2.76 bits per heavy atom. The molecule has 0 bridgehead atoms. The van der Waals surface area contributed by atoms with Gasteiger partial charge in [-0.2, -0.15) is 0 Å². The van der Waals surface area contributed by atoms with Crippen LogP contribution in [0.1, 0.15) is 40.4 Å². The zero-order valence-corrected chi connectivity index (χ0v) is 19.1. The first kappa shape index (κ1) is 21.2. The van der Waals surface area contributed by atoms with E-state index in [0.29, 0.717) is 47.7 Å². The van der Waals surface area contributed by atoms with Crippen LogP contribution in [-0.4, -0.2) is 40.6 Å². The molecule has 0 aliphatic carbocycles. The average molecular weight is 446 g/mol. The summed E-state index contributed by atoms with van der Waals surface area (Å²) in [7, 11) is 0. The van der Waals surface area contributed by atoms with Gasteiger partial charge in [0.05, 0.1) is 28.9 Å². The van der Waals surface area contributed by atoms with Crippen LogP contribution in [-0.2, 0) is 0 Å². The number of hydrogen-bond donors (Lipinski definition) is 0. The van der Waals surface area contributed by atoms with E-state index in [9.17, 15) is 4.79 Å². The molecule has 7 heteroatoms. The van der Waals surface area contributed by atoms with Crippen LogP contribution < -0.4 is 4.74 Å². The van der Waals surface area contributed by atoms with Crippen molar-refractivity contribution in [1.29, 1.82) is 0 Å². The van der Waals surface area contributed by atoms with E-state index in [1.54, 1.807) is 0 Å². The van der Waals surface area contributed by atoms with Crippen LogP contribution in [0.3, 0.4) is 0 Å². The fraction of sp³-hybridized carbons (Fsp3) is 0.346. The second kappa shape index (κ2) is 8.73. The molecule has 1 saturated heterocycles. The highest BCUT2D eigenvalue weighted by atomic mass is 16.5. The van der Waals surface area contributed by atoms with E-state index in [1.807, 2.05) is 68.1 Å². The van der Waals surface area contributed by atoms with Gasteiger partial charge in [-0.1, -0.05) is 23.4 Å². The summed E-state index contributed by atoms with van der Waals surface area (Å²) in [6, 6.07) is 13.6. The van der Waals surface area contributed by atoms with Gasteiger partial charge in [-0.05, 0) is 57.9 Å². The summed E-state index contributed by atoms with van der Waals surface area (Å²) in [5.74, 6) is 2.65. The molecule has 0 radical (unpaired) electrons. The van der Waals surface area contributed by atoms with Crippen molar-refractivity contribution >= 4 is 17.0 Å². The minimum atomic E-state index is -0.0303. The second-order valence-corrected chi connectivity index (χ2v) is 8.71. The minimum Gasteiger partial charge on any atom is -0.493 e. The standard InChI is InChI=1S/C26H27N3O4/c1-16-12-21(18(3)32-16)23-13-22(24-17(2)28-33-25(24)27-23)26(30)29-11-7-8-19(14-29)15-31-20-9-5-4-6-10-20/h4-6,9-10,12-13,19H,7-8,11,14-15H2,1-3H3. The highest BCUT2D eigenvalue weighted by Gasteiger charge is 2.28. The first-order chi connectivity index (χ1) is 16.0. The van der Waals surface area contributed by atoms with Crippen molar-refractivity contribution in [3.8, 4) is 17.0 Å². The Morgan fingerprint density at radius 1 is 1.18 bits per heavy atom. The number of likely N-dealkylation sites (tertiary alicyclic amines) is 1. The Bertz CT molecular complexity index is 1290. The highest BCUT2D eigenvalue weighted by Crippen LogP contribution is 2.32. The lowest BCUT2D eigenvalue weighted by molar-refractivity contribution is 0.0635. The van der Waals surface area contributed by atoms with E-state index >= 15 is 0 Å². The van der Waals surface area contributed by atoms with Gasteiger partial charge in [-0.25, -0.2) is 4.98 Å². The summed E-state index contributed by atoms with van der Waals surface area (Å²) in [6.45, 7) is 7.58. The predicted molar refractivity (Wildman–Crippen MR) is 124 cm³/mol. The molecule has 170 valence electrons. The third-order valence-electron chi connectivity index (χ3n) is 6.20. The second-order valence-electron chi connectivity index (χ2n) is 8.71. The molecule has 1 aliphatic heterocycles. The van der Waals surface area contributed by atoms with E-state index in [-0.39, 0.29) is 11.8 Å². The summed E-state index contributed by atoms with van der Waals surface area (Å²) >= 11 is 0. The van der Waals surface area contributed by atoms with Crippen LogP contribution in [0.4, 0.5) is 0 Å². The molecule has 4 heterocycles. The van der Waals surface area contributed by atoms with Crippen molar-refractivity contribution in [2.24, 2.45) is 5.92 Å². The van der Waals surface area contributed by atoms with Gasteiger partial charge < -0.3 is 18.6 Å². The first-order valence-electron chi connectivity index (χ1n) is 11.3. The summed E-state index contributed by atoms with van der Waals surface area (Å²) in [6.07, 6.45) is 1.98. The van der Waals surface area contributed by atoms with Gasteiger partial charge >= 0.3 is 0 Å². The number of benzene rings is 1. The van der Waals surface area contributed by atoms with Crippen molar-refractivity contribution in [3.63, 3.8) is 0 Å². The number of amides is 1. The normalized spacial score (nSPS) is 16.3. The molecule has 1 amide bonds. The molecule has 1 aliphatic rings. The van der Waals surface area contributed by atoms with Crippen LogP contribution in [0, 0.1) is 26.7 Å². The largest absolute Gasteiger partial charge is 0.493 e. The van der Waals surface area contributed by atoms with E-state index in [1.165, 1.54) is 0 Å². The van der Waals surface area contributed by atoms with Gasteiger partial charge in [-0.15, -0.1) is 0 Å². The van der Waals surface area contributed by atoms with Crippen LogP contribution in [0.15, 0.2) is 51.4 Å². The van der Waals surface area contributed by atoms with E-state index in [2.05, 4.69) is 10.1 Å². The maximum absolute atomic E-state index is 13.7. The molecule has 7 nitrogen and oxygen atoms in total. The number of piperidine rings is 1. The number of carbonyl (C=O) groups is 1. The number of fused-ring (bicyclic) bond motifs is 1. The molecule has 0 N–H and O–H groups in total. The Hall–Kier alpha value is -3.61. The van der Waals surface area contributed by atoms with Gasteiger partial charge in [-0.3, -0.25) is 4.79 Å². The van der Waals surface area contributed by atoms with Gasteiger partial charge in [0, 0.05) is 24.6 Å². The SMILES string of the molecule is Cc1cc(-c2cc(C(=O)N3CCCC(COc4ccccc4)C3)c3c(C)noc3n2)c(C)o1. The lowest BCUT2D eigenvalue weighted by Gasteiger charge is -2.33. The molecular formula is C26H27N3O4. The lowest BCUT2D eigenvalue weighted by atomic mass is 9.97. The van der Waals surface area contributed by atoms with E-state index < -0.39 is 0 Å². The molecule has 1 unspecified atom stereocenters. The maximum atomic E-state index is 13.7. The number of pyridine rings is 1. The number of carbonyl (C=O) groups excluding carboxylic acids is 1.